The lowest BCUT2D eigenvalue weighted by Gasteiger charge is -2.09. The molecule has 0 saturated carbocycles. The molecule has 1 aromatic heterocycles. The number of nitrogens with zero attached hydrogens (tertiary/aromatic N) is 2. The van der Waals surface area contributed by atoms with Crippen molar-refractivity contribution in [2.75, 3.05) is 6.61 Å². The van der Waals surface area contributed by atoms with Crippen molar-refractivity contribution < 1.29 is 13.2 Å². The molecule has 0 aliphatic heterocycles. The first kappa shape index (κ1) is 22.5. The van der Waals surface area contributed by atoms with Gasteiger partial charge in [-0.1, -0.05) is 47.5 Å². The molecule has 3 aromatic rings. The normalized spacial score (nSPS) is 11.6. The lowest BCUT2D eigenvalue weighted by molar-refractivity contribution is 0.134. The molecule has 0 saturated heterocycles. The molecule has 2 aromatic carbocycles. The van der Waals surface area contributed by atoms with E-state index in [1.165, 1.54) is 30.5 Å². The molecule has 0 radical (unpaired) electrons. The van der Waals surface area contributed by atoms with E-state index in [0.717, 1.165) is 15.8 Å². The van der Waals surface area contributed by atoms with Gasteiger partial charge in [0.1, 0.15) is 5.02 Å². The van der Waals surface area contributed by atoms with E-state index >= 15 is 0 Å². The lowest BCUT2D eigenvalue weighted by atomic mass is 10.1. The molecule has 0 amide bonds. The van der Waals surface area contributed by atoms with Gasteiger partial charge < -0.3 is 4.74 Å². The van der Waals surface area contributed by atoms with Crippen LogP contribution in [0.2, 0.25) is 10.0 Å². The van der Waals surface area contributed by atoms with Gasteiger partial charge in [-0.05, 0) is 42.3 Å². The van der Waals surface area contributed by atoms with Gasteiger partial charge in [0.2, 0.25) is 10.0 Å². The number of nitrogens with one attached hydrogen (secondary N) is 1. The Kier molecular flexibility index (Phi) is 7.27. The number of ether oxygens (including phenoxy) is 1. The first-order chi connectivity index (χ1) is 14.3. The maximum atomic E-state index is 12.6. The fourth-order valence-corrected chi connectivity index (χ4v) is 3.87. The number of hydrogen-bond donors (Lipinski definition) is 1. The Morgan fingerprint density at radius 2 is 1.67 bits per heavy atom. The maximum absolute atomic E-state index is 12.6. The summed E-state index contributed by atoms with van der Waals surface area (Å²) in [5.41, 5.74) is 1.61. The van der Waals surface area contributed by atoms with Gasteiger partial charge in [0.25, 0.3) is 5.56 Å². The molecule has 0 spiro atoms. The predicted octanol–water partition coefficient (Wildman–Crippen LogP) is 3.55. The Bertz CT molecular complexity index is 1180. The van der Waals surface area contributed by atoms with Gasteiger partial charge in [-0.3, -0.25) is 4.79 Å². The summed E-state index contributed by atoms with van der Waals surface area (Å²) < 4.78 is 34.1. The molecule has 0 fully saturated rings. The summed E-state index contributed by atoms with van der Waals surface area (Å²) in [6.45, 7) is 3.23. The molecule has 30 heavy (non-hydrogen) atoms. The zero-order chi connectivity index (χ0) is 21.7. The smallest absolute Gasteiger partial charge is 0.291 e. The van der Waals surface area contributed by atoms with Gasteiger partial charge in [-0.15, -0.1) is 0 Å². The quantitative estimate of drug-likeness (QED) is 0.546. The number of benzene rings is 2. The third-order valence-electron chi connectivity index (χ3n) is 4.23. The molecule has 1 N–H and O–H groups in total. The Hall–Kier alpha value is -2.23. The summed E-state index contributed by atoms with van der Waals surface area (Å²) in [5, 5.41) is 3.81. The summed E-state index contributed by atoms with van der Waals surface area (Å²) in [6.07, 6.45) is 1.25. The van der Waals surface area contributed by atoms with Crippen LogP contribution in [0.25, 0.3) is 5.69 Å². The summed E-state index contributed by atoms with van der Waals surface area (Å²) >= 11 is 11.6. The second-order valence-corrected chi connectivity index (χ2v) is 8.85. The van der Waals surface area contributed by atoms with Crippen molar-refractivity contribution in [1.29, 1.82) is 0 Å². The molecular weight excluding hydrogens is 449 g/mol. The van der Waals surface area contributed by atoms with Crippen LogP contribution in [0.3, 0.4) is 0 Å². The Morgan fingerprint density at radius 1 is 1.03 bits per heavy atom. The summed E-state index contributed by atoms with van der Waals surface area (Å²) in [5.74, 6) is 0. The van der Waals surface area contributed by atoms with Crippen LogP contribution in [0.5, 0.6) is 0 Å². The van der Waals surface area contributed by atoms with E-state index in [1.54, 1.807) is 0 Å². The first-order valence-corrected chi connectivity index (χ1v) is 11.2. The van der Waals surface area contributed by atoms with Crippen LogP contribution in [-0.4, -0.2) is 24.8 Å². The van der Waals surface area contributed by atoms with E-state index < -0.39 is 15.6 Å². The molecule has 0 aliphatic carbocycles. The zero-order valence-electron chi connectivity index (χ0n) is 16.0. The average Bonchev–Trinajstić information content (AvgIpc) is 2.76. The van der Waals surface area contributed by atoms with Crippen LogP contribution in [-0.2, 0) is 27.9 Å². The van der Waals surface area contributed by atoms with Crippen molar-refractivity contribution in [3.8, 4) is 5.69 Å². The van der Waals surface area contributed by atoms with E-state index in [1.807, 2.05) is 31.2 Å². The van der Waals surface area contributed by atoms with E-state index in [-0.39, 0.29) is 21.5 Å². The highest BCUT2D eigenvalue weighted by Gasteiger charge is 2.15. The fraction of sp³-hybridized carbons (Fsp3) is 0.200. The number of aromatic nitrogens is 2. The number of rotatable bonds is 8. The third-order valence-corrected chi connectivity index (χ3v) is 6.40. The summed E-state index contributed by atoms with van der Waals surface area (Å²) in [7, 11) is -3.74. The molecule has 0 aliphatic rings. The molecule has 0 unspecified atom stereocenters. The van der Waals surface area contributed by atoms with Crippen molar-refractivity contribution in [2.24, 2.45) is 0 Å². The fourth-order valence-electron chi connectivity index (χ4n) is 2.60. The van der Waals surface area contributed by atoms with Crippen LogP contribution in [0.15, 0.2) is 64.4 Å². The van der Waals surface area contributed by atoms with Gasteiger partial charge in [0, 0.05) is 13.2 Å². The van der Waals surface area contributed by atoms with Crippen molar-refractivity contribution in [1.82, 2.24) is 14.5 Å². The average molecular weight is 468 g/mol. The van der Waals surface area contributed by atoms with Gasteiger partial charge in [-0.25, -0.2) is 13.1 Å². The van der Waals surface area contributed by atoms with E-state index in [2.05, 4.69) is 9.82 Å². The molecular formula is C20H19Cl2N3O4S. The molecule has 158 valence electrons. The van der Waals surface area contributed by atoms with Gasteiger partial charge >= 0.3 is 0 Å². The van der Waals surface area contributed by atoms with Gasteiger partial charge in [0.05, 0.1) is 28.4 Å². The van der Waals surface area contributed by atoms with Crippen LogP contribution in [0, 0.1) is 0 Å². The molecule has 1 heterocycles. The monoisotopic (exact) mass is 467 g/mol. The Morgan fingerprint density at radius 3 is 2.30 bits per heavy atom. The summed E-state index contributed by atoms with van der Waals surface area (Å²) in [6, 6.07) is 13.2. The zero-order valence-corrected chi connectivity index (χ0v) is 18.3. The second-order valence-electron chi connectivity index (χ2n) is 6.30. The van der Waals surface area contributed by atoms with E-state index in [9.17, 15) is 13.2 Å². The SMILES string of the molecule is CCOCc1ccc(CNS(=O)(=O)c2ccc(-n3ncc(Cl)c(Cl)c3=O)cc2)cc1. The van der Waals surface area contributed by atoms with E-state index in [4.69, 9.17) is 27.9 Å². The number of halogens is 2. The highest BCUT2D eigenvalue weighted by Crippen LogP contribution is 2.17. The predicted molar refractivity (Wildman–Crippen MR) is 116 cm³/mol. The second kappa shape index (κ2) is 9.72. The minimum absolute atomic E-state index is 0.0484. The third kappa shape index (κ3) is 5.27. The molecule has 3 rings (SSSR count). The largest absolute Gasteiger partial charge is 0.377 e. The first-order valence-electron chi connectivity index (χ1n) is 9.01. The Labute approximate surface area is 184 Å². The molecule has 0 bridgehead atoms. The minimum atomic E-state index is -3.74. The Balaban J connectivity index is 1.71. The minimum Gasteiger partial charge on any atom is -0.377 e. The number of hydrogen-bond acceptors (Lipinski definition) is 5. The van der Waals surface area contributed by atoms with Crippen LogP contribution < -0.4 is 10.3 Å². The molecule has 0 atom stereocenters. The van der Waals surface area contributed by atoms with Crippen molar-refractivity contribution >= 4 is 33.2 Å². The van der Waals surface area contributed by atoms with Crippen molar-refractivity contribution in [3.63, 3.8) is 0 Å². The molecule has 7 nitrogen and oxygen atoms in total. The standard InChI is InChI=1S/C20H19Cl2N3O4S/c1-2-29-13-15-5-3-14(4-6-15)11-24-30(27,28)17-9-7-16(8-10-17)25-20(26)19(22)18(21)12-23-25/h3-10,12,24H,2,11,13H2,1H3. The topological polar surface area (TPSA) is 90.3 Å². The number of sulfonamides is 1. The van der Waals surface area contributed by atoms with Crippen molar-refractivity contribution in [3.05, 3.63) is 86.3 Å². The van der Waals surface area contributed by atoms with Crippen LogP contribution in [0.1, 0.15) is 18.1 Å². The van der Waals surface area contributed by atoms with Gasteiger partial charge in [-0.2, -0.15) is 9.78 Å². The van der Waals surface area contributed by atoms with Gasteiger partial charge in [0.15, 0.2) is 0 Å². The highest BCUT2D eigenvalue weighted by atomic mass is 35.5. The van der Waals surface area contributed by atoms with E-state index in [0.29, 0.717) is 18.9 Å². The van der Waals surface area contributed by atoms with Crippen molar-refractivity contribution in [2.45, 2.75) is 25.0 Å². The highest BCUT2D eigenvalue weighted by molar-refractivity contribution is 7.89. The lowest BCUT2D eigenvalue weighted by Crippen LogP contribution is -2.24. The van der Waals surface area contributed by atoms with Crippen LogP contribution >= 0.6 is 23.2 Å². The molecule has 10 heteroatoms. The maximum Gasteiger partial charge on any atom is 0.291 e. The van der Waals surface area contributed by atoms with Crippen LogP contribution in [0.4, 0.5) is 0 Å². The summed E-state index contributed by atoms with van der Waals surface area (Å²) in [4.78, 5) is 12.2.